The molecule has 5 nitrogen and oxygen atoms in total. The third kappa shape index (κ3) is 4.07. The Morgan fingerprint density at radius 3 is 2.88 bits per heavy atom. The molecule has 1 heterocycles. The van der Waals surface area contributed by atoms with Crippen LogP contribution in [0.15, 0.2) is 5.38 Å². The van der Waals surface area contributed by atoms with Crippen LogP contribution in [0, 0.1) is 0 Å². The van der Waals surface area contributed by atoms with Crippen molar-refractivity contribution >= 4 is 22.4 Å². The maximum Gasteiger partial charge on any atom is 0.254 e. The molecule has 1 aromatic heterocycles. The van der Waals surface area contributed by atoms with Crippen LogP contribution in [0.4, 0.5) is 5.13 Å². The first kappa shape index (κ1) is 14.1. The van der Waals surface area contributed by atoms with E-state index in [1.54, 1.807) is 6.92 Å². The quantitative estimate of drug-likeness (QED) is 0.815. The Bertz CT molecular complexity index is 367. The molecular formula is C11H19N3O2S. The van der Waals surface area contributed by atoms with Crippen molar-refractivity contribution in [2.24, 2.45) is 0 Å². The van der Waals surface area contributed by atoms with Crippen LogP contribution in [0.3, 0.4) is 0 Å². The van der Waals surface area contributed by atoms with Crippen molar-refractivity contribution in [2.45, 2.75) is 32.9 Å². The Kier molecular flexibility index (Phi) is 5.54. The van der Waals surface area contributed by atoms with Gasteiger partial charge in [-0.15, -0.1) is 11.3 Å². The molecule has 0 saturated carbocycles. The smallest absolute Gasteiger partial charge is 0.254 e. The highest BCUT2D eigenvalue weighted by atomic mass is 32.1. The van der Waals surface area contributed by atoms with Crippen LogP contribution in [0.5, 0.6) is 0 Å². The van der Waals surface area contributed by atoms with Crippen LogP contribution in [0.25, 0.3) is 0 Å². The fourth-order valence-corrected chi connectivity index (χ4v) is 2.07. The minimum atomic E-state index is -0.464. The lowest BCUT2D eigenvalue weighted by molar-refractivity contribution is -0.124. The third-order valence-corrected chi connectivity index (χ3v) is 3.20. The molecule has 0 radical (unpaired) electrons. The number of rotatable bonds is 6. The van der Waals surface area contributed by atoms with Crippen molar-refractivity contribution in [1.29, 1.82) is 0 Å². The summed E-state index contributed by atoms with van der Waals surface area (Å²) in [5.41, 5.74) is 0.942. The van der Waals surface area contributed by atoms with Crippen molar-refractivity contribution in [3.05, 3.63) is 11.1 Å². The highest BCUT2D eigenvalue weighted by Gasteiger charge is 2.14. The zero-order chi connectivity index (χ0) is 12.8. The van der Waals surface area contributed by atoms with Crippen molar-refractivity contribution in [2.75, 3.05) is 19.0 Å². The first-order valence-electron chi connectivity index (χ1n) is 5.61. The van der Waals surface area contributed by atoms with Crippen molar-refractivity contribution < 1.29 is 9.53 Å². The Balaban J connectivity index is 2.59. The van der Waals surface area contributed by atoms with Gasteiger partial charge in [-0.3, -0.25) is 10.1 Å². The fourth-order valence-electron chi connectivity index (χ4n) is 1.27. The molecule has 2 unspecified atom stereocenters. The lowest BCUT2D eigenvalue weighted by Gasteiger charge is -2.09. The Morgan fingerprint density at radius 1 is 1.59 bits per heavy atom. The van der Waals surface area contributed by atoms with Crippen LogP contribution < -0.4 is 10.6 Å². The highest BCUT2D eigenvalue weighted by molar-refractivity contribution is 7.13. The van der Waals surface area contributed by atoms with E-state index in [0.29, 0.717) is 5.13 Å². The predicted octanol–water partition coefficient (Wildman–Crippen LogP) is 1.79. The van der Waals surface area contributed by atoms with E-state index in [1.165, 1.54) is 18.4 Å². The maximum atomic E-state index is 11.6. The molecule has 17 heavy (non-hydrogen) atoms. The summed E-state index contributed by atoms with van der Waals surface area (Å²) in [7, 11) is 1.50. The molecular weight excluding hydrogens is 238 g/mol. The number of hydrogen-bond donors (Lipinski definition) is 2. The summed E-state index contributed by atoms with van der Waals surface area (Å²) in [5, 5.41) is 8.55. The lowest BCUT2D eigenvalue weighted by Crippen LogP contribution is -2.26. The number of aromatic nitrogens is 1. The zero-order valence-electron chi connectivity index (χ0n) is 10.6. The van der Waals surface area contributed by atoms with Crippen molar-refractivity contribution in [3.8, 4) is 0 Å². The summed E-state index contributed by atoms with van der Waals surface area (Å²) >= 11 is 1.42. The number of anilines is 1. The van der Waals surface area contributed by atoms with E-state index in [0.717, 1.165) is 12.2 Å². The molecule has 0 aliphatic heterocycles. The number of hydrogen-bond acceptors (Lipinski definition) is 5. The number of methoxy groups -OCH3 is 1. The number of carbonyl (C=O) groups excluding carboxylic acids is 1. The van der Waals surface area contributed by atoms with Gasteiger partial charge >= 0.3 is 0 Å². The summed E-state index contributed by atoms with van der Waals surface area (Å²) in [4.78, 5) is 15.9. The van der Waals surface area contributed by atoms with Gasteiger partial charge in [-0.25, -0.2) is 4.98 Å². The van der Waals surface area contributed by atoms with Gasteiger partial charge in [-0.2, -0.15) is 0 Å². The van der Waals surface area contributed by atoms with E-state index >= 15 is 0 Å². The fraction of sp³-hybridized carbons (Fsp3) is 0.636. The minimum absolute atomic E-state index is 0.176. The first-order chi connectivity index (χ1) is 8.08. The first-order valence-corrected chi connectivity index (χ1v) is 6.48. The van der Waals surface area contributed by atoms with E-state index in [4.69, 9.17) is 4.74 Å². The Hall–Kier alpha value is -0.980. The monoisotopic (exact) mass is 257 g/mol. The molecule has 0 bridgehead atoms. The summed E-state index contributed by atoms with van der Waals surface area (Å²) < 4.78 is 4.93. The van der Waals surface area contributed by atoms with Gasteiger partial charge in [0.2, 0.25) is 0 Å². The highest BCUT2D eigenvalue weighted by Crippen LogP contribution is 2.20. The molecule has 0 aromatic carbocycles. The molecule has 0 saturated heterocycles. The second-order valence-corrected chi connectivity index (χ2v) is 4.58. The molecule has 96 valence electrons. The topological polar surface area (TPSA) is 63.2 Å². The predicted molar refractivity (Wildman–Crippen MR) is 69.3 cm³/mol. The van der Waals surface area contributed by atoms with E-state index in [1.807, 2.05) is 19.2 Å². The van der Waals surface area contributed by atoms with Gasteiger partial charge in [0, 0.05) is 18.5 Å². The number of amides is 1. The van der Waals surface area contributed by atoms with Gasteiger partial charge in [0.05, 0.1) is 5.69 Å². The minimum Gasteiger partial charge on any atom is -0.372 e. The summed E-state index contributed by atoms with van der Waals surface area (Å²) in [5.74, 6) is -0.176. The molecule has 0 aliphatic carbocycles. The van der Waals surface area contributed by atoms with Crippen molar-refractivity contribution in [3.63, 3.8) is 0 Å². The van der Waals surface area contributed by atoms with Crippen LogP contribution in [0.2, 0.25) is 0 Å². The zero-order valence-corrected chi connectivity index (χ0v) is 11.4. The molecule has 0 aliphatic rings. The van der Waals surface area contributed by atoms with Gasteiger partial charge in [0.25, 0.3) is 5.91 Å². The molecule has 1 amide bonds. The molecule has 2 atom stereocenters. The third-order valence-electron chi connectivity index (χ3n) is 2.43. The largest absolute Gasteiger partial charge is 0.372 e. The molecule has 1 rings (SSSR count). The SMILES string of the molecule is CCNC(C)c1csc(NC(=O)C(C)OC)n1. The van der Waals surface area contributed by atoms with Gasteiger partial charge in [-0.05, 0) is 20.4 Å². The second-order valence-electron chi connectivity index (χ2n) is 3.72. The second kappa shape index (κ2) is 6.68. The Morgan fingerprint density at radius 2 is 2.29 bits per heavy atom. The number of nitrogens with zero attached hydrogens (tertiary/aromatic N) is 1. The molecule has 1 aromatic rings. The van der Waals surface area contributed by atoms with Crippen LogP contribution in [0.1, 0.15) is 32.5 Å². The van der Waals surface area contributed by atoms with Gasteiger partial charge in [0.15, 0.2) is 5.13 Å². The van der Waals surface area contributed by atoms with Crippen LogP contribution in [-0.4, -0.2) is 30.6 Å². The van der Waals surface area contributed by atoms with Gasteiger partial charge in [0.1, 0.15) is 6.10 Å². The summed E-state index contributed by atoms with van der Waals surface area (Å²) in [6, 6.07) is 0.196. The van der Waals surface area contributed by atoms with Crippen molar-refractivity contribution in [1.82, 2.24) is 10.3 Å². The van der Waals surface area contributed by atoms with Crippen LogP contribution >= 0.6 is 11.3 Å². The molecule has 0 fully saturated rings. The maximum absolute atomic E-state index is 11.6. The average molecular weight is 257 g/mol. The van der Waals surface area contributed by atoms with Gasteiger partial charge < -0.3 is 10.1 Å². The standard InChI is InChI=1S/C11H19N3O2S/c1-5-12-7(2)9-6-17-11(13-9)14-10(15)8(3)16-4/h6-8,12H,5H2,1-4H3,(H,13,14,15). The lowest BCUT2D eigenvalue weighted by atomic mass is 10.3. The molecule has 6 heteroatoms. The summed E-state index contributed by atoms with van der Waals surface area (Å²) in [6.45, 7) is 6.68. The normalized spacial score (nSPS) is 14.4. The van der Waals surface area contributed by atoms with Crippen LogP contribution in [-0.2, 0) is 9.53 Å². The number of ether oxygens (including phenoxy) is 1. The number of carbonyl (C=O) groups is 1. The van der Waals surface area contributed by atoms with E-state index in [2.05, 4.69) is 15.6 Å². The van der Waals surface area contributed by atoms with E-state index in [9.17, 15) is 4.79 Å². The number of nitrogens with one attached hydrogen (secondary N) is 2. The van der Waals surface area contributed by atoms with E-state index in [-0.39, 0.29) is 11.9 Å². The summed E-state index contributed by atoms with van der Waals surface area (Å²) in [6.07, 6.45) is -0.464. The average Bonchev–Trinajstić information content (AvgIpc) is 2.76. The Labute approximate surface area is 106 Å². The number of thiazole rings is 1. The molecule has 2 N–H and O–H groups in total. The molecule has 0 spiro atoms. The van der Waals surface area contributed by atoms with Gasteiger partial charge in [-0.1, -0.05) is 6.92 Å². The van der Waals surface area contributed by atoms with E-state index < -0.39 is 6.10 Å².